The number of fused-ring (bicyclic) bond motifs is 1. The van der Waals surface area contributed by atoms with Crippen LogP contribution in [0.5, 0.6) is 5.75 Å². The van der Waals surface area contributed by atoms with E-state index >= 15 is 0 Å². The molecule has 0 fully saturated rings. The summed E-state index contributed by atoms with van der Waals surface area (Å²) in [6.45, 7) is 0.956. The molecule has 1 amide bonds. The van der Waals surface area contributed by atoms with E-state index in [1.165, 1.54) is 19.2 Å². The fourth-order valence-electron chi connectivity index (χ4n) is 2.87. The van der Waals surface area contributed by atoms with Crippen molar-refractivity contribution in [3.63, 3.8) is 0 Å². The molecule has 0 unspecified atom stereocenters. The minimum Gasteiger partial charge on any atom is -0.496 e. The second-order valence-corrected chi connectivity index (χ2v) is 5.74. The van der Waals surface area contributed by atoms with E-state index in [1.807, 2.05) is 6.20 Å². The summed E-state index contributed by atoms with van der Waals surface area (Å²) in [6, 6.07) is 4.45. The molecule has 0 atom stereocenters. The van der Waals surface area contributed by atoms with Crippen LogP contribution in [0.25, 0.3) is 0 Å². The van der Waals surface area contributed by atoms with E-state index in [4.69, 9.17) is 9.84 Å². The van der Waals surface area contributed by atoms with E-state index in [9.17, 15) is 9.59 Å². The van der Waals surface area contributed by atoms with Crippen molar-refractivity contribution in [3.8, 4) is 5.75 Å². The number of amides is 1. The number of carbonyl (C=O) groups excluding carboxylic acids is 1. The Hall–Kier alpha value is -2.83. The summed E-state index contributed by atoms with van der Waals surface area (Å²) in [5.74, 6) is -0.0295. The number of hydrogen-bond acceptors (Lipinski definition) is 4. The first-order chi connectivity index (χ1) is 11.6. The zero-order valence-electron chi connectivity index (χ0n) is 13.4. The van der Waals surface area contributed by atoms with Gasteiger partial charge in [-0.25, -0.2) is 9.78 Å². The normalized spacial score (nSPS) is 13.2. The number of aromatic carboxylic acids is 1. The number of hydrogen-bond donors (Lipinski definition) is 2. The minimum absolute atomic E-state index is 0.0530. The molecule has 0 saturated heterocycles. The highest BCUT2D eigenvalue weighted by Crippen LogP contribution is 2.23. The monoisotopic (exact) mass is 329 g/mol. The Bertz CT molecular complexity index is 759. The van der Waals surface area contributed by atoms with E-state index in [0.29, 0.717) is 5.69 Å². The summed E-state index contributed by atoms with van der Waals surface area (Å²) in [6.07, 6.45) is 5.35. The van der Waals surface area contributed by atoms with Crippen molar-refractivity contribution in [1.82, 2.24) is 9.55 Å². The van der Waals surface area contributed by atoms with E-state index in [1.54, 1.807) is 6.07 Å². The lowest BCUT2D eigenvalue weighted by Crippen LogP contribution is -2.15. The Kier molecular flexibility index (Phi) is 4.50. The summed E-state index contributed by atoms with van der Waals surface area (Å²) in [4.78, 5) is 27.8. The van der Waals surface area contributed by atoms with Crippen LogP contribution in [-0.4, -0.2) is 33.6 Å². The van der Waals surface area contributed by atoms with Gasteiger partial charge in [-0.05, 0) is 25.0 Å². The van der Waals surface area contributed by atoms with Crippen molar-refractivity contribution >= 4 is 17.6 Å². The first-order valence-corrected chi connectivity index (χ1v) is 7.83. The lowest BCUT2D eigenvalue weighted by atomic mass is 10.1. The van der Waals surface area contributed by atoms with Gasteiger partial charge in [-0.15, -0.1) is 0 Å². The number of rotatable bonds is 5. The Morgan fingerprint density at radius 3 is 2.92 bits per heavy atom. The third-order valence-electron chi connectivity index (χ3n) is 4.02. The molecule has 0 spiro atoms. The summed E-state index contributed by atoms with van der Waals surface area (Å²) < 4.78 is 7.16. The summed E-state index contributed by atoms with van der Waals surface area (Å²) >= 11 is 0. The van der Waals surface area contributed by atoms with Gasteiger partial charge in [0.25, 0.3) is 0 Å². The Morgan fingerprint density at radius 1 is 1.38 bits per heavy atom. The Morgan fingerprint density at radius 2 is 2.21 bits per heavy atom. The topological polar surface area (TPSA) is 93.5 Å². The lowest BCUT2D eigenvalue weighted by molar-refractivity contribution is -0.115. The number of ether oxygens (including phenoxy) is 1. The van der Waals surface area contributed by atoms with Crippen molar-refractivity contribution < 1.29 is 19.4 Å². The summed E-state index contributed by atoms with van der Waals surface area (Å²) in [5, 5.41) is 11.8. The van der Waals surface area contributed by atoms with Crippen molar-refractivity contribution in [3.05, 3.63) is 41.5 Å². The van der Waals surface area contributed by atoms with Gasteiger partial charge in [0.05, 0.1) is 19.2 Å². The molecule has 0 radical (unpaired) electrons. The van der Waals surface area contributed by atoms with Gasteiger partial charge in [-0.3, -0.25) is 4.79 Å². The highest BCUT2D eigenvalue weighted by molar-refractivity contribution is 5.95. The van der Waals surface area contributed by atoms with E-state index < -0.39 is 5.97 Å². The van der Waals surface area contributed by atoms with Crippen molar-refractivity contribution in [2.24, 2.45) is 0 Å². The molecule has 1 aliphatic heterocycles. The van der Waals surface area contributed by atoms with Crippen molar-refractivity contribution in [2.75, 3.05) is 12.4 Å². The number of aryl methyl sites for hydroxylation is 2. The molecule has 1 aliphatic rings. The zero-order chi connectivity index (χ0) is 17.1. The lowest BCUT2D eigenvalue weighted by Gasteiger charge is -2.11. The van der Waals surface area contributed by atoms with Gasteiger partial charge >= 0.3 is 5.97 Å². The first kappa shape index (κ1) is 16.0. The maximum absolute atomic E-state index is 12.2. The fraction of sp³-hybridized carbons (Fsp3) is 0.353. The molecule has 1 aromatic carbocycles. The fourth-order valence-corrected chi connectivity index (χ4v) is 2.87. The molecule has 24 heavy (non-hydrogen) atoms. The maximum Gasteiger partial charge on any atom is 0.339 e. The molecule has 126 valence electrons. The molecule has 7 nitrogen and oxygen atoms in total. The molecule has 0 aliphatic carbocycles. The summed E-state index contributed by atoms with van der Waals surface area (Å²) in [5.41, 5.74) is 1.29. The van der Waals surface area contributed by atoms with Gasteiger partial charge in [0, 0.05) is 30.9 Å². The molecule has 2 aromatic rings. The van der Waals surface area contributed by atoms with E-state index in [2.05, 4.69) is 14.9 Å². The SMILES string of the molecule is COc1cc(NC(=O)Cc2cn3c(n2)CCCC3)ccc1C(=O)O. The van der Waals surface area contributed by atoms with E-state index in [0.717, 1.165) is 37.3 Å². The quantitative estimate of drug-likeness (QED) is 0.876. The Balaban J connectivity index is 1.68. The van der Waals surface area contributed by atoms with Crippen LogP contribution in [0.1, 0.15) is 34.7 Å². The van der Waals surface area contributed by atoms with Gasteiger partial charge in [0.2, 0.25) is 5.91 Å². The number of imidazole rings is 1. The average molecular weight is 329 g/mol. The second kappa shape index (κ2) is 6.74. The van der Waals surface area contributed by atoms with Gasteiger partial charge in [-0.1, -0.05) is 0 Å². The third-order valence-corrected chi connectivity index (χ3v) is 4.02. The molecule has 1 aromatic heterocycles. The smallest absolute Gasteiger partial charge is 0.339 e. The highest BCUT2D eigenvalue weighted by atomic mass is 16.5. The Labute approximate surface area is 139 Å². The molecular weight excluding hydrogens is 310 g/mol. The summed E-state index contributed by atoms with van der Waals surface area (Å²) in [7, 11) is 1.39. The van der Waals surface area contributed by atoms with Crippen LogP contribution in [0.3, 0.4) is 0 Å². The van der Waals surface area contributed by atoms with Gasteiger partial charge < -0.3 is 19.7 Å². The molecule has 3 rings (SSSR count). The van der Waals surface area contributed by atoms with Crippen LogP contribution in [0.15, 0.2) is 24.4 Å². The van der Waals surface area contributed by atoms with Crippen LogP contribution < -0.4 is 10.1 Å². The van der Waals surface area contributed by atoms with Gasteiger partial charge in [-0.2, -0.15) is 0 Å². The molecule has 2 N–H and O–H groups in total. The van der Waals surface area contributed by atoms with Crippen LogP contribution in [0.4, 0.5) is 5.69 Å². The molecule has 2 heterocycles. The van der Waals surface area contributed by atoms with Crippen LogP contribution in [0, 0.1) is 0 Å². The van der Waals surface area contributed by atoms with Gasteiger partial charge in [0.15, 0.2) is 0 Å². The third kappa shape index (κ3) is 3.40. The number of nitrogens with one attached hydrogen (secondary N) is 1. The number of carboxylic acid groups (broad SMARTS) is 1. The van der Waals surface area contributed by atoms with Crippen LogP contribution in [0.2, 0.25) is 0 Å². The molecular formula is C17H19N3O4. The van der Waals surface area contributed by atoms with Crippen LogP contribution >= 0.6 is 0 Å². The molecule has 0 saturated carbocycles. The average Bonchev–Trinajstić information content (AvgIpc) is 2.96. The largest absolute Gasteiger partial charge is 0.496 e. The number of carboxylic acids is 1. The number of aromatic nitrogens is 2. The standard InChI is InChI=1S/C17H19N3O4/c1-24-14-8-11(5-6-13(14)17(22)23)19-16(21)9-12-10-20-7-3-2-4-15(20)18-12/h5-6,8,10H,2-4,7,9H2,1H3,(H,19,21)(H,22,23). The molecule has 0 bridgehead atoms. The number of methoxy groups -OCH3 is 1. The number of nitrogens with zero attached hydrogens (tertiary/aromatic N) is 2. The minimum atomic E-state index is -1.08. The van der Waals surface area contributed by atoms with Gasteiger partial charge in [0.1, 0.15) is 17.1 Å². The highest BCUT2D eigenvalue weighted by Gasteiger charge is 2.15. The maximum atomic E-state index is 12.2. The second-order valence-electron chi connectivity index (χ2n) is 5.74. The number of carbonyl (C=O) groups is 2. The van der Waals surface area contributed by atoms with Crippen molar-refractivity contribution in [1.29, 1.82) is 0 Å². The first-order valence-electron chi connectivity index (χ1n) is 7.83. The van der Waals surface area contributed by atoms with Crippen molar-refractivity contribution in [2.45, 2.75) is 32.2 Å². The predicted molar refractivity (Wildman–Crippen MR) is 87.5 cm³/mol. The molecule has 7 heteroatoms. The van der Waals surface area contributed by atoms with Crippen LogP contribution in [-0.2, 0) is 24.2 Å². The predicted octanol–water partition coefficient (Wildman–Crippen LogP) is 2.11. The number of anilines is 1. The van der Waals surface area contributed by atoms with E-state index in [-0.39, 0.29) is 23.6 Å². The zero-order valence-corrected chi connectivity index (χ0v) is 13.4. The number of benzene rings is 1.